The first-order chi connectivity index (χ1) is 33.0. The number of unbranched alkanes of at least 4 members (excludes halogenated alkanes) is 25. The van der Waals surface area contributed by atoms with Crippen molar-refractivity contribution < 1.29 is 28.6 Å². The molecule has 0 saturated carbocycles. The molecule has 0 aromatic carbocycles. The lowest BCUT2D eigenvalue weighted by Crippen LogP contribution is -2.30. The van der Waals surface area contributed by atoms with Gasteiger partial charge in [-0.3, -0.25) is 14.4 Å². The van der Waals surface area contributed by atoms with Gasteiger partial charge >= 0.3 is 17.9 Å². The minimum Gasteiger partial charge on any atom is -0.462 e. The largest absolute Gasteiger partial charge is 0.462 e. The lowest BCUT2D eigenvalue weighted by atomic mass is 10.0. The van der Waals surface area contributed by atoms with Crippen LogP contribution in [0.25, 0.3) is 0 Å². The van der Waals surface area contributed by atoms with Crippen molar-refractivity contribution in [2.75, 3.05) is 13.2 Å². The summed E-state index contributed by atoms with van der Waals surface area (Å²) in [6.45, 7) is 6.48. The minimum atomic E-state index is -0.797. The lowest BCUT2D eigenvalue weighted by molar-refractivity contribution is -0.167. The van der Waals surface area contributed by atoms with Gasteiger partial charge < -0.3 is 14.2 Å². The average Bonchev–Trinajstić information content (AvgIpc) is 3.33. The summed E-state index contributed by atoms with van der Waals surface area (Å²) in [5.41, 5.74) is 0. The molecule has 0 aromatic heterocycles. The maximum atomic E-state index is 12.8. The maximum Gasteiger partial charge on any atom is 0.306 e. The highest BCUT2D eigenvalue weighted by Crippen LogP contribution is 2.15. The summed E-state index contributed by atoms with van der Waals surface area (Å²) in [6, 6.07) is 0. The van der Waals surface area contributed by atoms with E-state index in [-0.39, 0.29) is 31.1 Å². The zero-order valence-corrected chi connectivity index (χ0v) is 43.9. The monoisotopic (exact) mass is 933 g/mol. The molecule has 384 valence electrons. The molecule has 1 atom stereocenters. The molecule has 0 rings (SSSR count). The molecule has 0 spiro atoms. The second-order valence-corrected chi connectivity index (χ2v) is 18.5. The van der Waals surface area contributed by atoms with Gasteiger partial charge in [0, 0.05) is 19.3 Å². The number of ether oxygens (including phenoxy) is 3. The molecular formula is C61H104O6. The fourth-order valence-electron chi connectivity index (χ4n) is 7.68. The highest BCUT2D eigenvalue weighted by molar-refractivity contribution is 5.71. The van der Waals surface area contributed by atoms with Crippen LogP contribution < -0.4 is 0 Å². The first-order valence-corrected chi connectivity index (χ1v) is 28.1. The molecule has 0 bridgehead atoms. The zero-order valence-electron chi connectivity index (χ0n) is 43.9. The molecule has 0 aliphatic heterocycles. The van der Waals surface area contributed by atoms with E-state index in [0.717, 1.165) is 109 Å². The van der Waals surface area contributed by atoms with Crippen LogP contribution in [0.5, 0.6) is 0 Å². The molecular weight excluding hydrogens is 829 g/mol. The fraction of sp³-hybridized carbons (Fsp3) is 0.721. The average molecular weight is 933 g/mol. The second kappa shape index (κ2) is 55.2. The van der Waals surface area contributed by atoms with Gasteiger partial charge in [0.2, 0.25) is 0 Å². The predicted octanol–water partition coefficient (Wildman–Crippen LogP) is 18.8. The second-order valence-electron chi connectivity index (χ2n) is 18.5. The van der Waals surface area contributed by atoms with Crippen LogP contribution in [-0.4, -0.2) is 37.2 Å². The van der Waals surface area contributed by atoms with Crippen LogP contribution in [0.3, 0.4) is 0 Å². The van der Waals surface area contributed by atoms with Crippen molar-refractivity contribution in [3.63, 3.8) is 0 Å². The Kier molecular flexibility index (Phi) is 52.4. The number of carbonyl (C=O) groups excluding carboxylic acids is 3. The molecule has 0 fully saturated rings. The Bertz CT molecular complexity index is 1300. The summed E-state index contributed by atoms with van der Waals surface area (Å²) >= 11 is 0. The predicted molar refractivity (Wildman–Crippen MR) is 288 cm³/mol. The zero-order chi connectivity index (χ0) is 48.6. The third-order valence-corrected chi connectivity index (χ3v) is 11.9. The van der Waals surface area contributed by atoms with Gasteiger partial charge in [-0.05, 0) is 96.3 Å². The number of allylic oxidation sites excluding steroid dienone is 14. The van der Waals surface area contributed by atoms with Gasteiger partial charge in [-0.25, -0.2) is 0 Å². The van der Waals surface area contributed by atoms with Crippen molar-refractivity contribution in [3.05, 3.63) is 85.1 Å². The third-order valence-electron chi connectivity index (χ3n) is 11.9. The van der Waals surface area contributed by atoms with Gasteiger partial charge in [-0.2, -0.15) is 0 Å². The van der Waals surface area contributed by atoms with Gasteiger partial charge in [0.25, 0.3) is 0 Å². The lowest BCUT2D eigenvalue weighted by Gasteiger charge is -2.18. The van der Waals surface area contributed by atoms with E-state index in [4.69, 9.17) is 14.2 Å². The summed E-state index contributed by atoms with van der Waals surface area (Å²) in [5, 5.41) is 0. The molecule has 0 saturated heterocycles. The molecule has 0 radical (unpaired) electrons. The topological polar surface area (TPSA) is 78.9 Å². The quantitative estimate of drug-likeness (QED) is 0.0262. The van der Waals surface area contributed by atoms with Crippen LogP contribution in [0.4, 0.5) is 0 Å². The van der Waals surface area contributed by atoms with Gasteiger partial charge in [0.15, 0.2) is 6.10 Å². The number of hydrogen-bond acceptors (Lipinski definition) is 6. The standard InChI is InChI=1S/C61H104O6/c1-4-7-10-13-16-19-22-25-28-29-30-31-32-33-34-37-39-42-45-48-51-54-60(63)66-57-58(67-61(64)55-52-49-46-43-40-36-27-24-21-18-15-12-9-6-3)56-65-59(62)53-50-47-44-41-38-35-26-23-20-17-14-11-8-5-2/h7,10,16,19,24-25,27-28,30-31,33-34,39,42,58H,4-6,8-9,11-15,17-18,20-23,26,29,32,35-38,40-41,43-57H2,1-3H3/b10-7-,19-16-,27-24-,28-25-,31-30-,34-33-,42-39-. The van der Waals surface area contributed by atoms with Crippen molar-refractivity contribution >= 4 is 17.9 Å². The molecule has 0 aliphatic rings. The molecule has 0 aromatic rings. The van der Waals surface area contributed by atoms with E-state index < -0.39 is 6.10 Å². The molecule has 0 N–H and O–H groups in total. The molecule has 0 heterocycles. The van der Waals surface area contributed by atoms with E-state index in [9.17, 15) is 14.4 Å². The Labute approximate surface area is 414 Å². The molecule has 1 unspecified atom stereocenters. The maximum absolute atomic E-state index is 12.8. The summed E-state index contributed by atoms with van der Waals surface area (Å²) in [7, 11) is 0. The Morgan fingerprint density at radius 3 is 0.955 bits per heavy atom. The molecule has 67 heavy (non-hydrogen) atoms. The summed E-state index contributed by atoms with van der Waals surface area (Å²) in [6.07, 6.45) is 71.4. The van der Waals surface area contributed by atoms with Crippen molar-refractivity contribution in [1.82, 2.24) is 0 Å². The Morgan fingerprint density at radius 2 is 0.582 bits per heavy atom. The van der Waals surface area contributed by atoms with Crippen molar-refractivity contribution in [2.24, 2.45) is 0 Å². The van der Waals surface area contributed by atoms with Gasteiger partial charge in [-0.15, -0.1) is 0 Å². The summed E-state index contributed by atoms with van der Waals surface area (Å²) in [4.78, 5) is 38.1. The third kappa shape index (κ3) is 53.4. The van der Waals surface area contributed by atoms with Crippen molar-refractivity contribution in [3.8, 4) is 0 Å². The minimum absolute atomic E-state index is 0.0919. The smallest absolute Gasteiger partial charge is 0.306 e. The van der Waals surface area contributed by atoms with Gasteiger partial charge in [-0.1, -0.05) is 234 Å². The van der Waals surface area contributed by atoms with E-state index in [0.29, 0.717) is 19.3 Å². The number of carbonyl (C=O) groups is 3. The van der Waals surface area contributed by atoms with E-state index in [1.54, 1.807) is 0 Å². The molecule has 0 aliphatic carbocycles. The summed E-state index contributed by atoms with van der Waals surface area (Å²) < 4.78 is 16.8. The first kappa shape index (κ1) is 63.6. The first-order valence-electron chi connectivity index (χ1n) is 28.1. The van der Waals surface area contributed by atoms with Crippen LogP contribution in [0, 0.1) is 0 Å². The fourth-order valence-corrected chi connectivity index (χ4v) is 7.68. The van der Waals surface area contributed by atoms with E-state index in [1.807, 2.05) is 0 Å². The van der Waals surface area contributed by atoms with Crippen molar-refractivity contribution in [1.29, 1.82) is 0 Å². The number of hydrogen-bond donors (Lipinski definition) is 0. The van der Waals surface area contributed by atoms with Gasteiger partial charge in [0.05, 0.1) is 0 Å². The van der Waals surface area contributed by atoms with Crippen LogP contribution in [0.15, 0.2) is 85.1 Å². The highest BCUT2D eigenvalue weighted by atomic mass is 16.6. The molecule has 6 nitrogen and oxygen atoms in total. The summed E-state index contributed by atoms with van der Waals surface area (Å²) in [5.74, 6) is -0.941. The van der Waals surface area contributed by atoms with Gasteiger partial charge in [0.1, 0.15) is 13.2 Å². The van der Waals surface area contributed by atoms with E-state index in [1.165, 1.54) is 116 Å². The van der Waals surface area contributed by atoms with Crippen LogP contribution in [-0.2, 0) is 28.6 Å². The number of rotatable bonds is 50. The van der Waals surface area contributed by atoms with E-state index >= 15 is 0 Å². The molecule has 0 amide bonds. The Hall–Kier alpha value is -3.41. The highest BCUT2D eigenvalue weighted by Gasteiger charge is 2.19. The Morgan fingerprint density at radius 1 is 0.313 bits per heavy atom. The van der Waals surface area contributed by atoms with Crippen LogP contribution in [0.1, 0.15) is 265 Å². The normalized spacial score (nSPS) is 12.7. The van der Waals surface area contributed by atoms with E-state index in [2.05, 4.69) is 106 Å². The van der Waals surface area contributed by atoms with Crippen LogP contribution >= 0.6 is 0 Å². The SMILES string of the molecule is CC/C=C\C/C=C\C/C=C\C/C=C\C/C=C\C/C=C\CCCCC(=O)OCC(COC(=O)CCCCCCCCCCCCCCCC)OC(=O)CCCCCCC/C=C\CCCCCCC. The van der Waals surface area contributed by atoms with Crippen LogP contribution in [0.2, 0.25) is 0 Å². The Balaban J connectivity index is 4.45. The number of esters is 3. The van der Waals surface area contributed by atoms with Crippen molar-refractivity contribution in [2.45, 2.75) is 271 Å². The molecule has 6 heteroatoms.